The lowest BCUT2D eigenvalue weighted by Gasteiger charge is -2.25. The van der Waals surface area contributed by atoms with Crippen LogP contribution in [0.3, 0.4) is 0 Å². The Morgan fingerprint density at radius 2 is 1.48 bits per heavy atom. The number of aromatic nitrogens is 3. The number of H-pyrrole nitrogens is 1. The lowest BCUT2D eigenvalue weighted by molar-refractivity contribution is -0.0498. The quantitative estimate of drug-likeness (QED) is 0.146. The molecule has 4 aromatic carbocycles. The summed E-state index contributed by atoms with van der Waals surface area (Å²) in [6.07, 6.45) is 4.06. The summed E-state index contributed by atoms with van der Waals surface area (Å²) < 4.78 is 32.6. The number of halogens is 2. The molecular formula is C37H36F2N4O. The van der Waals surface area contributed by atoms with Crippen molar-refractivity contribution in [3.8, 4) is 28.4 Å². The van der Waals surface area contributed by atoms with E-state index in [-0.39, 0.29) is 5.75 Å². The number of ether oxygens (including phenoxy) is 1. The fourth-order valence-corrected chi connectivity index (χ4v) is 5.71. The van der Waals surface area contributed by atoms with Gasteiger partial charge in [-0.3, -0.25) is 4.90 Å². The van der Waals surface area contributed by atoms with Crippen LogP contribution < -0.4 is 4.74 Å². The van der Waals surface area contributed by atoms with Crippen molar-refractivity contribution in [2.45, 2.75) is 52.6 Å². The second kappa shape index (κ2) is 13.7. The molecule has 0 saturated carbocycles. The predicted octanol–water partition coefficient (Wildman–Crippen LogP) is 9.30. The van der Waals surface area contributed by atoms with Gasteiger partial charge in [0.2, 0.25) is 0 Å². The Labute approximate surface area is 256 Å². The Balaban J connectivity index is 1.42. The van der Waals surface area contributed by atoms with Crippen molar-refractivity contribution < 1.29 is 13.5 Å². The number of nitrogens with one attached hydrogen (secondary N) is 1. The standard InChI is InChI=1S/C37H36F2N4O/c1-2-3-22-43-34(35(29-10-6-4-7-11-29)41-36(43)30-12-8-5-9-13-30)26-42(24-27-14-17-32(18-15-27)44-37(38)39)25-28-16-19-33-31(23-28)20-21-40-33/h4-21,23,37,40H,2-3,22,24-26H2,1H3. The summed E-state index contributed by atoms with van der Waals surface area (Å²) in [4.78, 5) is 11.0. The Morgan fingerprint density at radius 1 is 0.795 bits per heavy atom. The number of imidazole rings is 1. The molecule has 0 aliphatic heterocycles. The number of benzene rings is 4. The molecule has 5 nitrogen and oxygen atoms in total. The minimum atomic E-state index is -2.85. The summed E-state index contributed by atoms with van der Waals surface area (Å²) in [5, 5.41) is 1.17. The number of unbranched alkanes of at least 4 members (excludes halogenated alkanes) is 1. The van der Waals surface area contributed by atoms with Crippen molar-refractivity contribution in [1.29, 1.82) is 0 Å². The number of aromatic amines is 1. The second-order valence-corrected chi connectivity index (χ2v) is 11.0. The first-order chi connectivity index (χ1) is 21.6. The zero-order valence-corrected chi connectivity index (χ0v) is 24.8. The normalized spacial score (nSPS) is 11.6. The van der Waals surface area contributed by atoms with E-state index < -0.39 is 6.61 Å². The zero-order valence-electron chi connectivity index (χ0n) is 24.8. The summed E-state index contributed by atoms with van der Waals surface area (Å²) >= 11 is 0. The van der Waals surface area contributed by atoms with Crippen molar-refractivity contribution in [2.75, 3.05) is 0 Å². The van der Waals surface area contributed by atoms with Gasteiger partial charge in [0, 0.05) is 49.0 Å². The van der Waals surface area contributed by atoms with E-state index in [1.807, 2.05) is 30.5 Å². The van der Waals surface area contributed by atoms with Gasteiger partial charge in [0.25, 0.3) is 0 Å². The maximum absolute atomic E-state index is 12.8. The van der Waals surface area contributed by atoms with Gasteiger partial charge in [-0.05, 0) is 53.3 Å². The number of alkyl halides is 2. The van der Waals surface area contributed by atoms with Crippen LogP contribution in [-0.2, 0) is 26.2 Å². The monoisotopic (exact) mass is 590 g/mol. The third kappa shape index (κ3) is 6.90. The van der Waals surface area contributed by atoms with Gasteiger partial charge in [0.15, 0.2) is 0 Å². The van der Waals surface area contributed by atoms with Gasteiger partial charge in [0.1, 0.15) is 11.6 Å². The fraction of sp³-hybridized carbons (Fsp3) is 0.216. The number of fused-ring (bicyclic) bond motifs is 1. The third-order valence-corrected chi connectivity index (χ3v) is 7.84. The van der Waals surface area contributed by atoms with Gasteiger partial charge >= 0.3 is 6.61 Å². The van der Waals surface area contributed by atoms with Crippen molar-refractivity contribution >= 4 is 10.9 Å². The van der Waals surface area contributed by atoms with Crippen LogP contribution in [-0.4, -0.2) is 26.0 Å². The van der Waals surface area contributed by atoms with E-state index in [4.69, 9.17) is 4.98 Å². The Hall–Kier alpha value is -4.75. The first-order valence-corrected chi connectivity index (χ1v) is 15.1. The molecule has 0 fully saturated rings. The number of nitrogens with zero attached hydrogens (tertiary/aromatic N) is 3. The lowest BCUT2D eigenvalue weighted by atomic mass is 10.1. The summed E-state index contributed by atoms with van der Waals surface area (Å²) in [6.45, 7) is 2.19. The molecule has 0 amide bonds. The van der Waals surface area contributed by atoms with Crippen LogP contribution in [0.15, 0.2) is 115 Å². The lowest BCUT2D eigenvalue weighted by Crippen LogP contribution is -2.24. The van der Waals surface area contributed by atoms with Gasteiger partial charge in [0.05, 0.1) is 11.4 Å². The molecule has 2 heterocycles. The molecule has 1 N–H and O–H groups in total. The van der Waals surface area contributed by atoms with Crippen LogP contribution >= 0.6 is 0 Å². The van der Waals surface area contributed by atoms with Crippen LogP contribution in [0.5, 0.6) is 5.75 Å². The third-order valence-electron chi connectivity index (χ3n) is 7.84. The fourth-order valence-electron chi connectivity index (χ4n) is 5.71. The minimum Gasteiger partial charge on any atom is -0.435 e. The SMILES string of the molecule is CCCCn1c(-c2ccccc2)nc(-c2ccccc2)c1CN(Cc1ccc(OC(F)F)cc1)Cc1ccc2[nH]ccc2c1. The zero-order chi connectivity index (χ0) is 30.3. The van der Waals surface area contributed by atoms with Gasteiger partial charge in [-0.15, -0.1) is 0 Å². The summed E-state index contributed by atoms with van der Waals surface area (Å²) in [5.41, 5.74) is 7.61. The van der Waals surface area contributed by atoms with Crippen LogP contribution in [0.1, 0.15) is 36.6 Å². The maximum Gasteiger partial charge on any atom is 0.387 e. The van der Waals surface area contributed by atoms with Crippen LogP contribution in [0.4, 0.5) is 8.78 Å². The van der Waals surface area contributed by atoms with Crippen molar-refractivity contribution in [3.63, 3.8) is 0 Å². The molecule has 0 saturated heterocycles. The average Bonchev–Trinajstić information content (AvgIpc) is 3.66. The Morgan fingerprint density at radius 3 is 2.18 bits per heavy atom. The van der Waals surface area contributed by atoms with E-state index in [1.165, 1.54) is 10.9 Å². The second-order valence-electron chi connectivity index (χ2n) is 11.0. The molecule has 44 heavy (non-hydrogen) atoms. The van der Waals surface area contributed by atoms with Gasteiger partial charge in [-0.25, -0.2) is 4.98 Å². The Kier molecular flexibility index (Phi) is 9.13. The molecule has 6 rings (SSSR count). The highest BCUT2D eigenvalue weighted by Crippen LogP contribution is 2.32. The van der Waals surface area contributed by atoms with E-state index >= 15 is 0 Å². The molecular weight excluding hydrogens is 554 g/mol. The molecule has 0 bridgehead atoms. The molecule has 2 aromatic heterocycles. The van der Waals surface area contributed by atoms with Crippen LogP contribution in [0, 0.1) is 0 Å². The van der Waals surface area contributed by atoms with E-state index in [2.05, 4.69) is 98.9 Å². The predicted molar refractivity (Wildman–Crippen MR) is 172 cm³/mol. The van der Waals surface area contributed by atoms with Crippen LogP contribution in [0.25, 0.3) is 33.5 Å². The van der Waals surface area contributed by atoms with E-state index in [1.54, 1.807) is 12.1 Å². The van der Waals surface area contributed by atoms with Crippen molar-refractivity contribution in [1.82, 2.24) is 19.4 Å². The number of hydrogen-bond acceptors (Lipinski definition) is 3. The molecule has 7 heteroatoms. The summed E-state index contributed by atoms with van der Waals surface area (Å²) in [5.74, 6) is 1.12. The highest BCUT2D eigenvalue weighted by atomic mass is 19.3. The van der Waals surface area contributed by atoms with E-state index in [0.29, 0.717) is 19.6 Å². The molecule has 0 spiro atoms. The van der Waals surface area contributed by atoms with Crippen molar-refractivity contribution in [2.24, 2.45) is 0 Å². The van der Waals surface area contributed by atoms with Crippen LogP contribution in [0.2, 0.25) is 0 Å². The average molecular weight is 591 g/mol. The first kappa shape index (κ1) is 29.3. The van der Waals surface area contributed by atoms with Gasteiger partial charge < -0.3 is 14.3 Å². The highest BCUT2D eigenvalue weighted by Gasteiger charge is 2.22. The maximum atomic E-state index is 12.8. The number of rotatable bonds is 13. The molecule has 0 unspecified atom stereocenters. The molecule has 0 radical (unpaired) electrons. The Bertz CT molecular complexity index is 1780. The summed E-state index contributed by atoms with van der Waals surface area (Å²) in [6, 6.07) is 36.3. The molecule has 0 atom stereocenters. The molecule has 6 aromatic rings. The van der Waals surface area contributed by atoms with Crippen molar-refractivity contribution in [3.05, 3.63) is 132 Å². The molecule has 224 valence electrons. The molecule has 0 aliphatic carbocycles. The van der Waals surface area contributed by atoms with E-state index in [9.17, 15) is 8.78 Å². The number of hydrogen-bond donors (Lipinski definition) is 1. The molecule has 0 aliphatic rings. The largest absolute Gasteiger partial charge is 0.435 e. The smallest absolute Gasteiger partial charge is 0.387 e. The topological polar surface area (TPSA) is 46.1 Å². The van der Waals surface area contributed by atoms with Gasteiger partial charge in [-0.2, -0.15) is 8.78 Å². The van der Waals surface area contributed by atoms with E-state index in [0.717, 1.165) is 58.8 Å². The minimum absolute atomic E-state index is 0.157. The first-order valence-electron chi connectivity index (χ1n) is 15.1. The van der Waals surface area contributed by atoms with Gasteiger partial charge in [-0.1, -0.05) is 92.2 Å². The summed E-state index contributed by atoms with van der Waals surface area (Å²) in [7, 11) is 0. The highest BCUT2D eigenvalue weighted by molar-refractivity contribution is 5.79.